The maximum absolute atomic E-state index is 12.8. The fraction of sp³-hybridized carbons (Fsp3) is 0.800. The molecule has 1 saturated carbocycles. The van der Waals surface area contributed by atoms with E-state index in [-0.39, 0.29) is 19.4 Å². The van der Waals surface area contributed by atoms with E-state index in [2.05, 4.69) is 0 Å². The van der Waals surface area contributed by atoms with E-state index in [4.69, 9.17) is 5.73 Å². The number of nitrogens with two attached hydrogens (primary N) is 1. The van der Waals surface area contributed by atoms with Crippen LogP contribution in [0.4, 0.5) is 13.2 Å². The van der Waals surface area contributed by atoms with Crippen LogP contribution in [-0.4, -0.2) is 35.5 Å². The zero-order valence-electron chi connectivity index (χ0n) is 9.09. The standard InChI is InChI=1S/C10H13F3N2O2/c11-10(12,13)9(3-4-9)8(17)15-5-1-2-6(15)7(14)16/h6H,1-5H2,(H2,14,16). The van der Waals surface area contributed by atoms with Crippen LogP contribution in [0.1, 0.15) is 25.7 Å². The summed E-state index contributed by atoms with van der Waals surface area (Å²) in [5, 5.41) is 0. The second kappa shape index (κ2) is 3.61. The minimum absolute atomic E-state index is 0.183. The Bertz CT molecular complexity index is 363. The lowest BCUT2D eigenvalue weighted by Gasteiger charge is -2.28. The van der Waals surface area contributed by atoms with E-state index in [0.717, 1.165) is 4.90 Å². The number of carbonyl (C=O) groups excluding carboxylic acids is 2. The van der Waals surface area contributed by atoms with Gasteiger partial charge in [0.1, 0.15) is 11.5 Å². The van der Waals surface area contributed by atoms with E-state index < -0.39 is 29.4 Å². The highest BCUT2D eigenvalue weighted by atomic mass is 19.4. The van der Waals surface area contributed by atoms with Crippen LogP contribution in [-0.2, 0) is 9.59 Å². The zero-order valence-corrected chi connectivity index (χ0v) is 9.09. The van der Waals surface area contributed by atoms with Crippen molar-refractivity contribution >= 4 is 11.8 Å². The van der Waals surface area contributed by atoms with Gasteiger partial charge in [-0.25, -0.2) is 0 Å². The molecule has 0 radical (unpaired) electrons. The Morgan fingerprint density at radius 1 is 1.29 bits per heavy atom. The van der Waals surface area contributed by atoms with Crippen molar-refractivity contribution in [3.8, 4) is 0 Å². The largest absolute Gasteiger partial charge is 0.403 e. The number of carbonyl (C=O) groups is 2. The Kier molecular flexibility index (Phi) is 2.59. The average Bonchev–Trinajstić information content (AvgIpc) is 2.87. The Balaban J connectivity index is 2.18. The summed E-state index contributed by atoms with van der Waals surface area (Å²) >= 11 is 0. The highest BCUT2D eigenvalue weighted by Crippen LogP contribution is 2.59. The van der Waals surface area contributed by atoms with Crippen LogP contribution in [0, 0.1) is 5.41 Å². The van der Waals surface area contributed by atoms with Gasteiger partial charge in [0.05, 0.1) is 0 Å². The minimum Gasteiger partial charge on any atom is -0.368 e. The molecule has 1 atom stereocenters. The van der Waals surface area contributed by atoms with Gasteiger partial charge < -0.3 is 10.6 Å². The molecule has 2 rings (SSSR count). The average molecular weight is 250 g/mol. The van der Waals surface area contributed by atoms with Gasteiger partial charge in [0, 0.05) is 6.54 Å². The molecule has 4 nitrogen and oxygen atoms in total. The van der Waals surface area contributed by atoms with E-state index in [1.165, 1.54) is 0 Å². The number of halogens is 3. The third-order valence-corrected chi connectivity index (χ3v) is 3.54. The lowest BCUT2D eigenvalue weighted by molar-refractivity contribution is -0.199. The zero-order chi connectivity index (χ0) is 12.8. The van der Waals surface area contributed by atoms with Gasteiger partial charge in [-0.05, 0) is 25.7 Å². The highest BCUT2D eigenvalue weighted by Gasteiger charge is 2.70. The molecule has 1 saturated heterocycles. The maximum atomic E-state index is 12.8. The molecule has 2 fully saturated rings. The van der Waals surface area contributed by atoms with Gasteiger partial charge in [0.2, 0.25) is 11.8 Å². The van der Waals surface area contributed by atoms with Crippen molar-refractivity contribution in [2.45, 2.75) is 37.9 Å². The van der Waals surface area contributed by atoms with Crippen LogP contribution in [0.3, 0.4) is 0 Å². The van der Waals surface area contributed by atoms with Gasteiger partial charge in [-0.15, -0.1) is 0 Å². The fourth-order valence-corrected chi connectivity index (χ4v) is 2.32. The molecule has 0 spiro atoms. The van der Waals surface area contributed by atoms with Crippen molar-refractivity contribution in [1.29, 1.82) is 0 Å². The number of alkyl halides is 3. The molecule has 0 bridgehead atoms. The van der Waals surface area contributed by atoms with Crippen LogP contribution in [0.15, 0.2) is 0 Å². The SMILES string of the molecule is NC(=O)C1CCCN1C(=O)C1(C(F)(F)F)CC1. The van der Waals surface area contributed by atoms with Crippen LogP contribution >= 0.6 is 0 Å². The molecule has 0 aromatic carbocycles. The normalized spacial score (nSPS) is 27.0. The van der Waals surface area contributed by atoms with Crippen molar-refractivity contribution in [2.24, 2.45) is 11.1 Å². The van der Waals surface area contributed by atoms with Crippen molar-refractivity contribution in [3.05, 3.63) is 0 Å². The molecular formula is C10H13F3N2O2. The summed E-state index contributed by atoms with van der Waals surface area (Å²) in [5.41, 5.74) is 2.84. The Labute approximate surface area is 95.9 Å². The summed E-state index contributed by atoms with van der Waals surface area (Å²) in [6.07, 6.45) is -4.02. The van der Waals surface area contributed by atoms with Crippen LogP contribution in [0.25, 0.3) is 0 Å². The molecule has 1 aliphatic heterocycles. The topological polar surface area (TPSA) is 63.4 Å². The second-order valence-electron chi connectivity index (χ2n) is 4.64. The molecule has 0 aromatic heterocycles. The maximum Gasteiger partial charge on any atom is 0.403 e. The van der Waals surface area contributed by atoms with E-state index in [1.807, 2.05) is 0 Å². The number of primary amides is 1. The van der Waals surface area contributed by atoms with E-state index in [1.54, 1.807) is 0 Å². The minimum atomic E-state index is -4.53. The summed E-state index contributed by atoms with van der Waals surface area (Å²) < 4.78 is 38.3. The molecule has 96 valence electrons. The highest BCUT2D eigenvalue weighted by molar-refractivity contribution is 5.92. The van der Waals surface area contributed by atoms with E-state index >= 15 is 0 Å². The monoisotopic (exact) mass is 250 g/mol. The van der Waals surface area contributed by atoms with Gasteiger partial charge in [-0.3, -0.25) is 9.59 Å². The first-order valence-electron chi connectivity index (χ1n) is 5.47. The number of amides is 2. The number of rotatable bonds is 2. The van der Waals surface area contributed by atoms with Gasteiger partial charge in [-0.1, -0.05) is 0 Å². The van der Waals surface area contributed by atoms with Crippen LogP contribution < -0.4 is 5.73 Å². The summed E-state index contributed by atoms with van der Waals surface area (Å²) in [4.78, 5) is 24.0. The van der Waals surface area contributed by atoms with Crippen LogP contribution in [0.2, 0.25) is 0 Å². The van der Waals surface area contributed by atoms with Crippen LogP contribution in [0.5, 0.6) is 0 Å². The Morgan fingerprint density at radius 2 is 1.88 bits per heavy atom. The molecule has 2 N–H and O–H groups in total. The first kappa shape index (κ1) is 12.2. The number of nitrogens with zero attached hydrogens (tertiary/aromatic N) is 1. The predicted octanol–water partition coefficient (Wildman–Crippen LogP) is 0.805. The third-order valence-electron chi connectivity index (χ3n) is 3.54. The van der Waals surface area contributed by atoms with Crippen molar-refractivity contribution in [2.75, 3.05) is 6.54 Å². The summed E-state index contributed by atoms with van der Waals surface area (Å²) in [6.45, 7) is 0.185. The number of hydrogen-bond donors (Lipinski definition) is 1. The van der Waals surface area contributed by atoms with Crippen molar-refractivity contribution in [3.63, 3.8) is 0 Å². The first-order valence-corrected chi connectivity index (χ1v) is 5.47. The molecule has 17 heavy (non-hydrogen) atoms. The van der Waals surface area contributed by atoms with Gasteiger partial charge in [0.15, 0.2) is 0 Å². The molecule has 1 aliphatic carbocycles. The molecule has 1 heterocycles. The quantitative estimate of drug-likeness (QED) is 0.788. The lowest BCUT2D eigenvalue weighted by atomic mass is 10.0. The summed E-state index contributed by atoms with van der Waals surface area (Å²) in [7, 11) is 0. The van der Waals surface area contributed by atoms with E-state index in [9.17, 15) is 22.8 Å². The Hall–Kier alpha value is -1.27. The smallest absolute Gasteiger partial charge is 0.368 e. The second-order valence-corrected chi connectivity index (χ2v) is 4.64. The molecule has 2 aliphatic rings. The van der Waals surface area contributed by atoms with Gasteiger partial charge in [0.25, 0.3) is 0 Å². The number of likely N-dealkylation sites (tertiary alicyclic amines) is 1. The predicted molar refractivity (Wildman–Crippen MR) is 51.7 cm³/mol. The first-order chi connectivity index (χ1) is 7.79. The molecule has 7 heteroatoms. The van der Waals surface area contributed by atoms with Gasteiger partial charge in [-0.2, -0.15) is 13.2 Å². The molecular weight excluding hydrogens is 237 g/mol. The lowest BCUT2D eigenvalue weighted by Crippen LogP contribution is -2.50. The Morgan fingerprint density at radius 3 is 2.29 bits per heavy atom. The van der Waals surface area contributed by atoms with Crippen molar-refractivity contribution < 1.29 is 22.8 Å². The number of hydrogen-bond acceptors (Lipinski definition) is 2. The van der Waals surface area contributed by atoms with Crippen molar-refractivity contribution in [1.82, 2.24) is 4.90 Å². The third kappa shape index (κ3) is 1.77. The summed E-state index contributed by atoms with van der Waals surface area (Å²) in [5.74, 6) is -1.71. The summed E-state index contributed by atoms with van der Waals surface area (Å²) in [6, 6.07) is -0.873. The molecule has 1 unspecified atom stereocenters. The molecule has 0 aromatic rings. The van der Waals surface area contributed by atoms with E-state index in [0.29, 0.717) is 12.8 Å². The van der Waals surface area contributed by atoms with Gasteiger partial charge >= 0.3 is 6.18 Å². The fourth-order valence-electron chi connectivity index (χ4n) is 2.32. The molecule has 2 amide bonds.